The zero-order valence-corrected chi connectivity index (χ0v) is 11.9. The third-order valence-corrected chi connectivity index (χ3v) is 3.19. The van der Waals surface area contributed by atoms with Crippen molar-refractivity contribution in [1.29, 1.82) is 0 Å². The Morgan fingerprint density at radius 1 is 1.12 bits per heavy atom. The summed E-state index contributed by atoms with van der Waals surface area (Å²) in [6.07, 6.45) is 0. The van der Waals surface area contributed by atoms with Crippen LogP contribution in [-0.4, -0.2) is 51.3 Å². The summed E-state index contributed by atoms with van der Waals surface area (Å²) in [4.78, 5) is 2.37. The van der Waals surface area contributed by atoms with Gasteiger partial charge in [0, 0.05) is 19.7 Å². The Kier molecular flexibility index (Phi) is 8.90. The number of likely N-dealkylation sites (N-methyl/N-ethyl adjacent to an activating group) is 1. The lowest BCUT2D eigenvalue weighted by atomic mass is 10.0. The van der Waals surface area contributed by atoms with Gasteiger partial charge in [0.1, 0.15) is 0 Å². The van der Waals surface area contributed by atoms with Crippen LogP contribution in [0.4, 0.5) is 0 Å². The molecule has 0 heterocycles. The lowest BCUT2D eigenvalue weighted by Gasteiger charge is -2.30. The Morgan fingerprint density at radius 2 is 1.75 bits per heavy atom. The second kappa shape index (κ2) is 8.97. The molecule has 0 bridgehead atoms. The first-order valence-electron chi connectivity index (χ1n) is 6.38. The molecule has 0 aromatic carbocycles. The third kappa shape index (κ3) is 7.20. The summed E-state index contributed by atoms with van der Waals surface area (Å²) < 4.78 is 5.10. The first-order valence-corrected chi connectivity index (χ1v) is 6.38. The zero-order chi connectivity index (χ0) is 12.6. The molecule has 0 saturated heterocycles. The molecule has 16 heavy (non-hydrogen) atoms. The highest BCUT2D eigenvalue weighted by atomic mass is 16.5. The van der Waals surface area contributed by atoms with Crippen LogP contribution >= 0.6 is 0 Å². The molecule has 2 atom stereocenters. The maximum absolute atomic E-state index is 5.10. The normalized spacial score (nSPS) is 15.8. The van der Waals surface area contributed by atoms with Crippen molar-refractivity contribution in [3.63, 3.8) is 0 Å². The number of hydrogen-bond donors (Lipinski definition) is 1. The lowest BCUT2D eigenvalue weighted by molar-refractivity contribution is 0.124. The molecule has 0 rings (SSSR count). The van der Waals surface area contributed by atoms with Gasteiger partial charge in [-0.05, 0) is 38.9 Å². The summed E-state index contributed by atoms with van der Waals surface area (Å²) >= 11 is 0. The Labute approximate surface area is 102 Å². The van der Waals surface area contributed by atoms with E-state index in [4.69, 9.17) is 4.74 Å². The SMILES string of the molecule is COCCN(C)C(C)C(C)CNCC(C)C. The van der Waals surface area contributed by atoms with Crippen LogP contribution in [-0.2, 0) is 4.74 Å². The highest BCUT2D eigenvalue weighted by Gasteiger charge is 2.16. The van der Waals surface area contributed by atoms with Gasteiger partial charge in [-0.15, -0.1) is 0 Å². The minimum absolute atomic E-state index is 0.592. The van der Waals surface area contributed by atoms with E-state index in [1.165, 1.54) is 0 Å². The maximum Gasteiger partial charge on any atom is 0.0589 e. The molecule has 0 radical (unpaired) electrons. The van der Waals surface area contributed by atoms with E-state index in [0.717, 1.165) is 32.2 Å². The number of nitrogens with one attached hydrogen (secondary N) is 1. The average molecular weight is 230 g/mol. The van der Waals surface area contributed by atoms with Crippen molar-refractivity contribution in [1.82, 2.24) is 10.2 Å². The van der Waals surface area contributed by atoms with Crippen LogP contribution in [0.1, 0.15) is 27.7 Å². The van der Waals surface area contributed by atoms with E-state index in [0.29, 0.717) is 12.0 Å². The van der Waals surface area contributed by atoms with Crippen LogP contribution in [0.3, 0.4) is 0 Å². The Bertz CT molecular complexity index is 162. The van der Waals surface area contributed by atoms with Gasteiger partial charge in [0.25, 0.3) is 0 Å². The summed E-state index contributed by atoms with van der Waals surface area (Å²) in [5.74, 6) is 1.40. The molecule has 2 unspecified atom stereocenters. The Balaban J connectivity index is 3.74. The summed E-state index contributed by atoms with van der Waals surface area (Å²) in [6.45, 7) is 13.1. The smallest absolute Gasteiger partial charge is 0.0589 e. The summed E-state index contributed by atoms with van der Waals surface area (Å²) in [5.41, 5.74) is 0. The molecule has 0 fully saturated rings. The highest BCUT2D eigenvalue weighted by molar-refractivity contribution is 4.72. The first-order chi connectivity index (χ1) is 7.49. The van der Waals surface area contributed by atoms with Gasteiger partial charge in [-0.25, -0.2) is 0 Å². The molecule has 98 valence electrons. The monoisotopic (exact) mass is 230 g/mol. The van der Waals surface area contributed by atoms with E-state index in [2.05, 4.69) is 45.0 Å². The van der Waals surface area contributed by atoms with Crippen molar-refractivity contribution in [2.75, 3.05) is 40.4 Å². The molecule has 0 amide bonds. The van der Waals surface area contributed by atoms with Gasteiger partial charge in [-0.3, -0.25) is 0 Å². The molecule has 0 aliphatic rings. The second-order valence-electron chi connectivity index (χ2n) is 5.24. The highest BCUT2D eigenvalue weighted by Crippen LogP contribution is 2.08. The van der Waals surface area contributed by atoms with Crippen molar-refractivity contribution < 1.29 is 4.74 Å². The predicted molar refractivity (Wildman–Crippen MR) is 70.8 cm³/mol. The number of rotatable bonds is 9. The van der Waals surface area contributed by atoms with Crippen molar-refractivity contribution in [3.8, 4) is 0 Å². The van der Waals surface area contributed by atoms with Gasteiger partial charge >= 0.3 is 0 Å². The second-order valence-corrected chi connectivity index (χ2v) is 5.24. The van der Waals surface area contributed by atoms with Gasteiger partial charge in [0.15, 0.2) is 0 Å². The van der Waals surface area contributed by atoms with Crippen LogP contribution in [0.25, 0.3) is 0 Å². The van der Waals surface area contributed by atoms with E-state index in [1.54, 1.807) is 7.11 Å². The molecule has 0 saturated carbocycles. The Morgan fingerprint density at radius 3 is 2.25 bits per heavy atom. The average Bonchev–Trinajstić information content (AvgIpc) is 2.24. The van der Waals surface area contributed by atoms with Gasteiger partial charge < -0.3 is 15.0 Å². The molecule has 0 aromatic rings. The van der Waals surface area contributed by atoms with E-state index in [-0.39, 0.29) is 0 Å². The molecular formula is C13H30N2O. The molecule has 3 nitrogen and oxygen atoms in total. The van der Waals surface area contributed by atoms with Crippen LogP contribution in [0, 0.1) is 11.8 Å². The molecule has 3 heteroatoms. The maximum atomic E-state index is 5.10. The van der Waals surface area contributed by atoms with Crippen molar-refractivity contribution in [3.05, 3.63) is 0 Å². The molecule has 1 N–H and O–H groups in total. The quantitative estimate of drug-likeness (QED) is 0.654. The van der Waals surface area contributed by atoms with Crippen LogP contribution in [0.15, 0.2) is 0 Å². The zero-order valence-electron chi connectivity index (χ0n) is 11.9. The van der Waals surface area contributed by atoms with Gasteiger partial charge in [-0.2, -0.15) is 0 Å². The fourth-order valence-corrected chi connectivity index (χ4v) is 1.64. The number of ether oxygens (including phenoxy) is 1. The number of nitrogens with zero attached hydrogens (tertiary/aromatic N) is 1. The largest absolute Gasteiger partial charge is 0.383 e. The van der Waals surface area contributed by atoms with Crippen molar-refractivity contribution in [2.24, 2.45) is 11.8 Å². The summed E-state index contributed by atoms with van der Waals surface area (Å²) in [7, 11) is 3.93. The van der Waals surface area contributed by atoms with Crippen LogP contribution in [0.2, 0.25) is 0 Å². The molecule has 0 aromatic heterocycles. The van der Waals surface area contributed by atoms with Gasteiger partial charge in [-0.1, -0.05) is 20.8 Å². The van der Waals surface area contributed by atoms with E-state index in [1.807, 2.05) is 0 Å². The standard InChI is InChI=1S/C13H30N2O/c1-11(2)9-14-10-12(3)13(4)15(5)7-8-16-6/h11-14H,7-10H2,1-6H3. The van der Waals surface area contributed by atoms with Crippen LogP contribution < -0.4 is 5.32 Å². The minimum atomic E-state index is 0.592. The van der Waals surface area contributed by atoms with Crippen molar-refractivity contribution in [2.45, 2.75) is 33.7 Å². The summed E-state index contributed by atoms with van der Waals surface area (Å²) in [5, 5.41) is 3.52. The molecule has 0 aliphatic heterocycles. The number of hydrogen-bond acceptors (Lipinski definition) is 3. The number of methoxy groups -OCH3 is 1. The topological polar surface area (TPSA) is 24.5 Å². The van der Waals surface area contributed by atoms with E-state index in [9.17, 15) is 0 Å². The van der Waals surface area contributed by atoms with Gasteiger partial charge in [0.05, 0.1) is 6.61 Å². The lowest BCUT2D eigenvalue weighted by Crippen LogP contribution is -2.40. The predicted octanol–water partition coefficient (Wildman–Crippen LogP) is 1.83. The first kappa shape index (κ1) is 15.9. The van der Waals surface area contributed by atoms with E-state index >= 15 is 0 Å². The fourth-order valence-electron chi connectivity index (χ4n) is 1.64. The third-order valence-electron chi connectivity index (χ3n) is 3.19. The van der Waals surface area contributed by atoms with Crippen LogP contribution in [0.5, 0.6) is 0 Å². The van der Waals surface area contributed by atoms with Crippen molar-refractivity contribution >= 4 is 0 Å². The molecule has 0 spiro atoms. The summed E-state index contributed by atoms with van der Waals surface area (Å²) in [6, 6.07) is 0.592. The van der Waals surface area contributed by atoms with Gasteiger partial charge in [0.2, 0.25) is 0 Å². The van der Waals surface area contributed by atoms with E-state index < -0.39 is 0 Å². The molecule has 0 aliphatic carbocycles. The fraction of sp³-hybridized carbons (Fsp3) is 1.00. The Hall–Kier alpha value is -0.120. The molecular weight excluding hydrogens is 200 g/mol. The minimum Gasteiger partial charge on any atom is -0.383 e.